The van der Waals surface area contributed by atoms with Gasteiger partial charge in [-0.2, -0.15) is 0 Å². The highest BCUT2D eigenvalue weighted by Crippen LogP contribution is 1.60. The van der Waals surface area contributed by atoms with E-state index in [1.54, 1.807) is 14.2 Å². The zero-order valence-corrected chi connectivity index (χ0v) is 7.44. The van der Waals surface area contributed by atoms with Crippen LogP contribution in [0.3, 0.4) is 0 Å². The van der Waals surface area contributed by atoms with E-state index in [2.05, 4.69) is 28.6 Å². The SMILES string of the molecule is CCNCC.COCOC. The predicted octanol–water partition coefficient (Wildman–Crippen LogP) is 0.852. The molecule has 0 saturated heterocycles. The van der Waals surface area contributed by atoms with E-state index in [1.165, 1.54) is 0 Å². The van der Waals surface area contributed by atoms with Gasteiger partial charge in [-0.1, -0.05) is 13.8 Å². The molecule has 0 fully saturated rings. The van der Waals surface area contributed by atoms with E-state index in [1.807, 2.05) is 0 Å². The van der Waals surface area contributed by atoms with E-state index in [-0.39, 0.29) is 0 Å². The molecule has 0 atom stereocenters. The third kappa shape index (κ3) is 24.8. The molecule has 0 amide bonds. The third-order valence-corrected chi connectivity index (χ3v) is 0.736. The minimum absolute atomic E-state index is 0.389. The molecule has 0 aromatic rings. The van der Waals surface area contributed by atoms with Gasteiger partial charge in [0.15, 0.2) is 0 Å². The maximum Gasteiger partial charge on any atom is 0.145 e. The fraction of sp³-hybridized carbons (Fsp3) is 1.00. The fourth-order valence-corrected chi connectivity index (χ4v) is 0.368. The van der Waals surface area contributed by atoms with Gasteiger partial charge in [-0.15, -0.1) is 0 Å². The zero-order valence-electron chi connectivity index (χ0n) is 7.44. The van der Waals surface area contributed by atoms with Crippen molar-refractivity contribution >= 4 is 0 Å². The average molecular weight is 149 g/mol. The van der Waals surface area contributed by atoms with Gasteiger partial charge >= 0.3 is 0 Å². The van der Waals surface area contributed by atoms with Crippen LogP contribution in [0.25, 0.3) is 0 Å². The van der Waals surface area contributed by atoms with Gasteiger partial charge in [-0.05, 0) is 13.1 Å². The fourth-order valence-electron chi connectivity index (χ4n) is 0.368. The van der Waals surface area contributed by atoms with Gasteiger partial charge in [0.1, 0.15) is 6.79 Å². The molecule has 0 aromatic carbocycles. The van der Waals surface area contributed by atoms with Crippen LogP contribution in [0, 0.1) is 0 Å². The van der Waals surface area contributed by atoms with Gasteiger partial charge in [-0.25, -0.2) is 0 Å². The van der Waals surface area contributed by atoms with Crippen molar-refractivity contribution in [1.29, 1.82) is 0 Å². The lowest BCUT2D eigenvalue weighted by Gasteiger charge is -1.87. The van der Waals surface area contributed by atoms with E-state index in [0.29, 0.717) is 6.79 Å². The van der Waals surface area contributed by atoms with Crippen LogP contribution in [0.5, 0.6) is 0 Å². The van der Waals surface area contributed by atoms with Gasteiger partial charge in [0.05, 0.1) is 0 Å². The van der Waals surface area contributed by atoms with Gasteiger partial charge in [0.25, 0.3) is 0 Å². The largest absolute Gasteiger partial charge is 0.359 e. The molecular formula is C7H19NO2. The number of methoxy groups -OCH3 is 2. The normalized spacial score (nSPS) is 8.40. The van der Waals surface area contributed by atoms with E-state index >= 15 is 0 Å². The Bertz CT molecular complexity index is 32.6. The van der Waals surface area contributed by atoms with E-state index in [9.17, 15) is 0 Å². The quantitative estimate of drug-likeness (QED) is 0.601. The Hall–Kier alpha value is -0.120. The van der Waals surface area contributed by atoms with Crippen LogP contribution in [-0.4, -0.2) is 34.1 Å². The van der Waals surface area contributed by atoms with Crippen molar-refractivity contribution in [3.63, 3.8) is 0 Å². The molecule has 0 aliphatic rings. The number of hydrogen-bond acceptors (Lipinski definition) is 3. The van der Waals surface area contributed by atoms with Gasteiger partial charge in [0.2, 0.25) is 0 Å². The van der Waals surface area contributed by atoms with Crippen LogP contribution in [0.2, 0.25) is 0 Å². The van der Waals surface area contributed by atoms with Crippen molar-refractivity contribution in [2.75, 3.05) is 34.1 Å². The number of rotatable bonds is 4. The average Bonchev–Trinajstić information content (AvgIpc) is 1.93. The summed E-state index contributed by atoms with van der Waals surface area (Å²) in [7, 11) is 3.17. The molecule has 64 valence electrons. The highest BCUT2D eigenvalue weighted by Gasteiger charge is 1.63. The summed E-state index contributed by atoms with van der Waals surface area (Å²) in [6, 6.07) is 0. The smallest absolute Gasteiger partial charge is 0.145 e. The molecule has 0 heterocycles. The molecule has 1 N–H and O–H groups in total. The molecular weight excluding hydrogens is 130 g/mol. The Kier molecular flexibility index (Phi) is 20.0. The molecule has 0 spiro atoms. The first-order valence-corrected chi connectivity index (χ1v) is 3.52. The Labute approximate surface area is 63.7 Å². The van der Waals surface area contributed by atoms with E-state index in [4.69, 9.17) is 0 Å². The van der Waals surface area contributed by atoms with Gasteiger partial charge < -0.3 is 14.8 Å². The molecule has 0 rings (SSSR count). The number of nitrogens with one attached hydrogen (secondary N) is 1. The maximum atomic E-state index is 4.47. The predicted molar refractivity (Wildman–Crippen MR) is 43.1 cm³/mol. The topological polar surface area (TPSA) is 30.5 Å². The standard InChI is InChI=1S/C4H11N.C3H8O2/c1-3-5-4-2;1-4-3-5-2/h5H,3-4H2,1-2H3;3H2,1-2H3. The van der Waals surface area contributed by atoms with Crippen molar-refractivity contribution in [2.45, 2.75) is 13.8 Å². The van der Waals surface area contributed by atoms with Crippen LogP contribution in [0.4, 0.5) is 0 Å². The number of hydrogen-bond donors (Lipinski definition) is 1. The molecule has 0 aromatic heterocycles. The molecule has 0 aliphatic heterocycles. The van der Waals surface area contributed by atoms with Crippen molar-refractivity contribution in [3.05, 3.63) is 0 Å². The summed E-state index contributed by atoms with van der Waals surface area (Å²) in [4.78, 5) is 0. The molecule has 3 nitrogen and oxygen atoms in total. The lowest BCUT2D eigenvalue weighted by Crippen LogP contribution is -2.09. The highest BCUT2D eigenvalue weighted by molar-refractivity contribution is 4.27. The van der Waals surface area contributed by atoms with Crippen molar-refractivity contribution in [3.8, 4) is 0 Å². The minimum Gasteiger partial charge on any atom is -0.359 e. The lowest BCUT2D eigenvalue weighted by molar-refractivity contribution is -0.00271. The lowest BCUT2D eigenvalue weighted by atomic mass is 10.7. The van der Waals surface area contributed by atoms with Crippen LogP contribution in [0.1, 0.15) is 13.8 Å². The summed E-state index contributed by atoms with van der Waals surface area (Å²) in [5, 5.41) is 3.11. The molecule has 0 bridgehead atoms. The monoisotopic (exact) mass is 149 g/mol. The van der Waals surface area contributed by atoms with Crippen molar-refractivity contribution < 1.29 is 9.47 Å². The number of ether oxygens (including phenoxy) is 2. The Balaban J connectivity index is 0. The van der Waals surface area contributed by atoms with Gasteiger partial charge in [0, 0.05) is 14.2 Å². The van der Waals surface area contributed by atoms with Crippen LogP contribution in [0.15, 0.2) is 0 Å². The molecule has 10 heavy (non-hydrogen) atoms. The van der Waals surface area contributed by atoms with Crippen LogP contribution in [-0.2, 0) is 9.47 Å². The van der Waals surface area contributed by atoms with E-state index in [0.717, 1.165) is 13.1 Å². The first kappa shape index (κ1) is 12.5. The third-order valence-electron chi connectivity index (χ3n) is 0.736. The van der Waals surface area contributed by atoms with Crippen LogP contribution >= 0.6 is 0 Å². The Morgan fingerprint density at radius 1 is 1.00 bits per heavy atom. The van der Waals surface area contributed by atoms with Crippen molar-refractivity contribution in [2.24, 2.45) is 0 Å². The summed E-state index contributed by atoms with van der Waals surface area (Å²) in [5.41, 5.74) is 0. The van der Waals surface area contributed by atoms with Gasteiger partial charge in [-0.3, -0.25) is 0 Å². The maximum absolute atomic E-state index is 4.47. The molecule has 0 unspecified atom stereocenters. The summed E-state index contributed by atoms with van der Waals surface area (Å²) >= 11 is 0. The van der Waals surface area contributed by atoms with E-state index < -0.39 is 0 Å². The summed E-state index contributed by atoms with van der Waals surface area (Å²) in [6.07, 6.45) is 0. The Morgan fingerprint density at radius 2 is 1.40 bits per heavy atom. The highest BCUT2D eigenvalue weighted by atomic mass is 16.6. The van der Waals surface area contributed by atoms with Crippen LogP contribution < -0.4 is 5.32 Å². The minimum atomic E-state index is 0.389. The van der Waals surface area contributed by atoms with Crippen molar-refractivity contribution in [1.82, 2.24) is 5.32 Å². The summed E-state index contributed by atoms with van der Waals surface area (Å²) < 4.78 is 8.94. The first-order chi connectivity index (χ1) is 4.83. The second-order valence-corrected chi connectivity index (χ2v) is 1.65. The summed E-state index contributed by atoms with van der Waals surface area (Å²) in [5.74, 6) is 0. The second-order valence-electron chi connectivity index (χ2n) is 1.65. The molecule has 0 aliphatic carbocycles. The molecule has 0 radical (unpaired) electrons. The second kappa shape index (κ2) is 15.9. The first-order valence-electron chi connectivity index (χ1n) is 3.52. The molecule has 0 saturated carbocycles. The summed E-state index contributed by atoms with van der Waals surface area (Å²) in [6.45, 7) is 6.78. The Morgan fingerprint density at radius 3 is 1.40 bits per heavy atom. The molecule has 3 heteroatoms. The zero-order chi connectivity index (χ0) is 8.24.